The molecule has 20 heavy (non-hydrogen) atoms. The van der Waals surface area contributed by atoms with Crippen molar-refractivity contribution < 1.29 is 9.66 Å². The normalized spacial score (nSPS) is 13.3. The summed E-state index contributed by atoms with van der Waals surface area (Å²) in [6.45, 7) is 4.69. The first-order valence-corrected chi connectivity index (χ1v) is 6.95. The lowest BCUT2D eigenvalue weighted by molar-refractivity contribution is -0.385. The fraction of sp³-hybridized carbons (Fsp3) is 0.462. The highest BCUT2D eigenvalue weighted by Gasteiger charge is 2.23. The van der Waals surface area contributed by atoms with E-state index in [0.717, 1.165) is 0 Å². The monoisotopic (exact) mass is 341 g/mol. The summed E-state index contributed by atoms with van der Waals surface area (Å²) in [6, 6.07) is 6.80. The van der Waals surface area contributed by atoms with Crippen LogP contribution in [0.1, 0.15) is 20.3 Å². The standard InChI is InChI=1S/C13H16BrN3O3/c1-3-16-13(2,9-15)7-8-20-11-6-4-5-10(12(11)14)17(18)19/h4-6,16H,3,7-8H2,1-2H3. The van der Waals surface area contributed by atoms with E-state index in [9.17, 15) is 10.1 Å². The number of ether oxygens (including phenoxy) is 1. The van der Waals surface area contributed by atoms with Gasteiger partial charge in [-0.3, -0.25) is 15.4 Å². The third kappa shape index (κ3) is 4.18. The van der Waals surface area contributed by atoms with E-state index >= 15 is 0 Å². The molecule has 7 heteroatoms. The average Bonchev–Trinajstić information content (AvgIpc) is 2.40. The molecule has 0 aromatic heterocycles. The van der Waals surface area contributed by atoms with Crippen molar-refractivity contribution in [2.45, 2.75) is 25.8 Å². The second-order valence-corrected chi connectivity index (χ2v) is 5.21. The first kappa shape index (κ1) is 16.4. The molecule has 0 radical (unpaired) electrons. The zero-order valence-electron chi connectivity index (χ0n) is 11.4. The maximum Gasteiger partial charge on any atom is 0.287 e. The number of nitro groups is 1. The van der Waals surface area contributed by atoms with Crippen LogP contribution in [0.15, 0.2) is 22.7 Å². The van der Waals surface area contributed by atoms with Crippen LogP contribution < -0.4 is 10.1 Å². The number of nitrogens with one attached hydrogen (secondary N) is 1. The molecule has 0 spiro atoms. The molecule has 1 aromatic rings. The Kier molecular flexibility index (Phi) is 5.92. The minimum absolute atomic E-state index is 0.0442. The van der Waals surface area contributed by atoms with Crippen LogP contribution >= 0.6 is 15.9 Å². The van der Waals surface area contributed by atoms with E-state index in [-0.39, 0.29) is 12.3 Å². The van der Waals surface area contributed by atoms with Gasteiger partial charge in [-0.2, -0.15) is 5.26 Å². The number of nitriles is 1. The van der Waals surface area contributed by atoms with Gasteiger partial charge >= 0.3 is 0 Å². The number of rotatable bonds is 7. The molecule has 1 rings (SSSR count). The largest absolute Gasteiger partial charge is 0.492 e. The molecule has 0 aliphatic heterocycles. The Hall–Kier alpha value is -1.65. The van der Waals surface area contributed by atoms with Crippen LogP contribution in [0.4, 0.5) is 5.69 Å². The molecule has 108 valence electrons. The van der Waals surface area contributed by atoms with E-state index in [1.165, 1.54) is 6.07 Å². The summed E-state index contributed by atoms with van der Waals surface area (Å²) in [5, 5.41) is 23.0. The number of hydrogen-bond donors (Lipinski definition) is 1. The first-order chi connectivity index (χ1) is 9.43. The second-order valence-electron chi connectivity index (χ2n) is 4.42. The summed E-state index contributed by atoms with van der Waals surface area (Å²) in [4.78, 5) is 10.3. The van der Waals surface area contributed by atoms with Gasteiger partial charge in [-0.1, -0.05) is 13.0 Å². The van der Waals surface area contributed by atoms with E-state index in [4.69, 9.17) is 10.00 Å². The van der Waals surface area contributed by atoms with Gasteiger partial charge in [0.2, 0.25) is 0 Å². The van der Waals surface area contributed by atoms with Crippen molar-refractivity contribution in [2.24, 2.45) is 0 Å². The highest BCUT2D eigenvalue weighted by atomic mass is 79.9. The van der Waals surface area contributed by atoms with E-state index in [2.05, 4.69) is 27.3 Å². The zero-order valence-corrected chi connectivity index (χ0v) is 12.9. The van der Waals surface area contributed by atoms with Gasteiger partial charge in [0.1, 0.15) is 15.8 Å². The Balaban J connectivity index is 2.70. The maximum absolute atomic E-state index is 10.8. The molecule has 1 N–H and O–H groups in total. The number of nitrogens with zero attached hydrogens (tertiary/aromatic N) is 2. The first-order valence-electron chi connectivity index (χ1n) is 6.15. The molecule has 1 aromatic carbocycles. The van der Waals surface area contributed by atoms with Crippen molar-refractivity contribution in [1.29, 1.82) is 5.26 Å². The molecule has 0 fully saturated rings. The van der Waals surface area contributed by atoms with Gasteiger partial charge in [0.15, 0.2) is 0 Å². The number of benzene rings is 1. The Labute approximate surface area is 126 Å². The van der Waals surface area contributed by atoms with Gasteiger partial charge in [-0.05, 0) is 35.5 Å². The van der Waals surface area contributed by atoms with Crippen LogP contribution in [0.5, 0.6) is 5.75 Å². The second kappa shape index (κ2) is 7.22. The van der Waals surface area contributed by atoms with Crippen LogP contribution in [0.2, 0.25) is 0 Å². The Bertz CT molecular complexity index is 530. The summed E-state index contributed by atoms with van der Waals surface area (Å²) in [5.41, 5.74) is -0.709. The van der Waals surface area contributed by atoms with Gasteiger partial charge in [0, 0.05) is 12.5 Å². The lowest BCUT2D eigenvalue weighted by Crippen LogP contribution is -2.42. The van der Waals surface area contributed by atoms with Crippen LogP contribution in [0.3, 0.4) is 0 Å². The molecule has 0 heterocycles. The lowest BCUT2D eigenvalue weighted by Gasteiger charge is -2.22. The number of nitro benzene ring substituents is 1. The summed E-state index contributed by atoms with van der Waals surface area (Å²) in [6.07, 6.45) is 0.479. The van der Waals surface area contributed by atoms with Crippen LogP contribution in [-0.4, -0.2) is 23.6 Å². The van der Waals surface area contributed by atoms with Crippen molar-refractivity contribution in [2.75, 3.05) is 13.2 Å². The van der Waals surface area contributed by atoms with Crippen LogP contribution in [-0.2, 0) is 0 Å². The summed E-state index contributed by atoms with van der Waals surface area (Å²) in [5.74, 6) is 0.399. The topological polar surface area (TPSA) is 88.2 Å². The van der Waals surface area contributed by atoms with E-state index in [1.807, 2.05) is 6.92 Å². The fourth-order valence-corrected chi connectivity index (χ4v) is 2.21. The molecule has 0 amide bonds. The van der Waals surface area contributed by atoms with E-state index < -0.39 is 10.5 Å². The predicted molar refractivity (Wildman–Crippen MR) is 78.6 cm³/mol. The van der Waals surface area contributed by atoms with Crippen LogP contribution in [0, 0.1) is 21.4 Å². The highest BCUT2D eigenvalue weighted by Crippen LogP contribution is 2.33. The average molecular weight is 342 g/mol. The summed E-state index contributed by atoms with van der Waals surface area (Å²) < 4.78 is 5.84. The molecule has 1 atom stereocenters. The predicted octanol–water partition coefficient (Wildman–Crippen LogP) is 3.02. The molecule has 0 saturated heterocycles. The lowest BCUT2D eigenvalue weighted by atomic mass is 10.0. The SMILES string of the molecule is CCNC(C)(C#N)CCOc1cccc([N+](=O)[O-])c1Br. The number of hydrogen-bond acceptors (Lipinski definition) is 5. The number of halogens is 1. The Morgan fingerprint density at radius 1 is 1.60 bits per heavy atom. The van der Waals surface area contributed by atoms with Gasteiger partial charge in [0.25, 0.3) is 5.69 Å². The van der Waals surface area contributed by atoms with Crippen molar-refractivity contribution >= 4 is 21.6 Å². The third-order valence-corrected chi connectivity index (χ3v) is 3.61. The molecule has 6 nitrogen and oxygen atoms in total. The molecule has 0 aliphatic rings. The summed E-state index contributed by atoms with van der Waals surface area (Å²) >= 11 is 3.16. The van der Waals surface area contributed by atoms with Crippen molar-refractivity contribution in [3.05, 3.63) is 32.8 Å². The smallest absolute Gasteiger partial charge is 0.287 e. The Morgan fingerprint density at radius 2 is 2.30 bits per heavy atom. The Morgan fingerprint density at radius 3 is 2.85 bits per heavy atom. The molecule has 0 saturated carbocycles. The van der Waals surface area contributed by atoms with Crippen molar-refractivity contribution in [3.8, 4) is 11.8 Å². The fourth-order valence-electron chi connectivity index (χ4n) is 1.69. The molecular formula is C13H16BrN3O3. The minimum Gasteiger partial charge on any atom is -0.492 e. The molecular weight excluding hydrogens is 326 g/mol. The maximum atomic E-state index is 10.8. The van der Waals surface area contributed by atoms with Crippen molar-refractivity contribution in [1.82, 2.24) is 5.32 Å². The van der Waals surface area contributed by atoms with Gasteiger partial charge in [-0.15, -0.1) is 0 Å². The highest BCUT2D eigenvalue weighted by molar-refractivity contribution is 9.10. The van der Waals surface area contributed by atoms with Crippen LogP contribution in [0.25, 0.3) is 0 Å². The van der Waals surface area contributed by atoms with Gasteiger partial charge in [-0.25, -0.2) is 0 Å². The van der Waals surface area contributed by atoms with E-state index in [0.29, 0.717) is 23.2 Å². The minimum atomic E-state index is -0.665. The quantitative estimate of drug-likeness (QED) is 0.608. The molecule has 0 bridgehead atoms. The third-order valence-electron chi connectivity index (χ3n) is 2.81. The zero-order chi connectivity index (χ0) is 15.2. The van der Waals surface area contributed by atoms with Gasteiger partial charge in [0.05, 0.1) is 17.6 Å². The molecule has 0 aliphatic carbocycles. The van der Waals surface area contributed by atoms with E-state index in [1.54, 1.807) is 19.1 Å². The molecule has 1 unspecified atom stereocenters. The summed E-state index contributed by atoms with van der Waals surface area (Å²) in [7, 11) is 0. The van der Waals surface area contributed by atoms with Crippen molar-refractivity contribution in [3.63, 3.8) is 0 Å². The van der Waals surface area contributed by atoms with Gasteiger partial charge < -0.3 is 4.74 Å².